The van der Waals surface area contributed by atoms with Crippen LogP contribution in [0.3, 0.4) is 0 Å². The molecule has 8 heteroatoms. The number of nitrogens with one attached hydrogen (secondary N) is 3. The molecule has 0 aliphatic rings. The summed E-state index contributed by atoms with van der Waals surface area (Å²) in [5.41, 5.74) is 1.98. The van der Waals surface area contributed by atoms with Crippen LogP contribution >= 0.6 is 11.3 Å². The zero-order valence-electron chi connectivity index (χ0n) is 11.7. The molecule has 114 valence electrons. The van der Waals surface area contributed by atoms with Gasteiger partial charge in [-0.15, -0.1) is 11.3 Å². The minimum Gasteiger partial charge on any atom is -0.320 e. The largest absolute Gasteiger partial charge is 0.323 e. The quantitative estimate of drug-likeness (QED) is 0.539. The van der Waals surface area contributed by atoms with Crippen LogP contribution in [0.15, 0.2) is 53.0 Å². The van der Waals surface area contributed by atoms with E-state index in [2.05, 4.69) is 20.3 Å². The first kappa shape index (κ1) is 13.5. The van der Waals surface area contributed by atoms with E-state index in [4.69, 9.17) is 0 Å². The van der Waals surface area contributed by atoms with Crippen molar-refractivity contribution in [2.45, 2.75) is 0 Å². The maximum absolute atomic E-state index is 12.2. The first-order chi connectivity index (χ1) is 11.2. The number of benzene rings is 1. The second-order valence-electron chi connectivity index (χ2n) is 4.88. The third kappa shape index (κ3) is 2.44. The number of hydrogen-bond acceptors (Lipinski definition) is 4. The summed E-state index contributed by atoms with van der Waals surface area (Å²) >= 11 is 1.54. The van der Waals surface area contributed by atoms with E-state index in [1.807, 2.05) is 40.4 Å². The van der Waals surface area contributed by atoms with E-state index in [-0.39, 0.29) is 5.69 Å². The summed E-state index contributed by atoms with van der Waals surface area (Å²) in [5.74, 6) is -0.392. The summed E-state index contributed by atoms with van der Waals surface area (Å²) in [6.45, 7) is 0. The lowest BCUT2D eigenvalue weighted by atomic mass is 10.1. The Morgan fingerprint density at radius 3 is 2.96 bits per heavy atom. The van der Waals surface area contributed by atoms with E-state index in [1.54, 1.807) is 17.4 Å². The van der Waals surface area contributed by atoms with Crippen molar-refractivity contribution in [1.82, 2.24) is 19.4 Å². The SMILES string of the molecule is O=C(Nc1ccccc1-c1cn2ccsc2n1)c1c[nH]c(=O)[nH]1. The van der Waals surface area contributed by atoms with Crippen LogP contribution in [0.4, 0.5) is 5.69 Å². The number of para-hydroxylation sites is 1. The molecule has 4 rings (SSSR count). The maximum Gasteiger partial charge on any atom is 0.323 e. The van der Waals surface area contributed by atoms with Gasteiger partial charge in [-0.2, -0.15) is 0 Å². The van der Waals surface area contributed by atoms with E-state index >= 15 is 0 Å². The molecule has 1 amide bonds. The first-order valence-electron chi connectivity index (χ1n) is 6.81. The van der Waals surface area contributed by atoms with Crippen molar-refractivity contribution in [3.63, 3.8) is 0 Å². The van der Waals surface area contributed by atoms with Gasteiger partial charge >= 0.3 is 5.69 Å². The average Bonchev–Trinajstić information content (AvgIpc) is 3.23. The number of imidazole rings is 2. The molecule has 3 N–H and O–H groups in total. The molecule has 1 aromatic carbocycles. The number of amides is 1. The second kappa shape index (κ2) is 5.25. The van der Waals surface area contributed by atoms with Crippen LogP contribution in [-0.2, 0) is 0 Å². The predicted octanol–water partition coefficient (Wildman–Crippen LogP) is 2.33. The minimum atomic E-state index is -0.419. The van der Waals surface area contributed by atoms with Gasteiger partial charge in [0, 0.05) is 29.5 Å². The Morgan fingerprint density at radius 2 is 2.17 bits per heavy atom. The smallest absolute Gasteiger partial charge is 0.320 e. The topological polar surface area (TPSA) is 95.1 Å². The number of hydrogen-bond donors (Lipinski definition) is 3. The second-order valence-corrected chi connectivity index (χ2v) is 5.75. The van der Waals surface area contributed by atoms with Gasteiger partial charge in [-0.25, -0.2) is 9.78 Å². The molecule has 0 spiro atoms. The summed E-state index contributed by atoms with van der Waals surface area (Å²) in [5, 5.41) is 4.76. The van der Waals surface area contributed by atoms with Crippen LogP contribution in [0.5, 0.6) is 0 Å². The number of H-pyrrole nitrogens is 2. The van der Waals surface area contributed by atoms with E-state index in [0.717, 1.165) is 16.2 Å². The Labute approximate surface area is 133 Å². The molecule has 0 aliphatic carbocycles. The minimum absolute atomic E-state index is 0.177. The number of fused-ring (bicyclic) bond motifs is 1. The van der Waals surface area contributed by atoms with Crippen LogP contribution in [0.1, 0.15) is 10.5 Å². The number of anilines is 1. The first-order valence-corrected chi connectivity index (χ1v) is 7.69. The number of aromatic nitrogens is 4. The predicted molar refractivity (Wildman–Crippen MR) is 87.9 cm³/mol. The zero-order chi connectivity index (χ0) is 15.8. The highest BCUT2D eigenvalue weighted by Crippen LogP contribution is 2.28. The van der Waals surface area contributed by atoms with Gasteiger partial charge in [0.1, 0.15) is 5.69 Å². The van der Waals surface area contributed by atoms with Gasteiger partial charge in [-0.1, -0.05) is 18.2 Å². The van der Waals surface area contributed by atoms with Crippen molar-refractivity contribution in [3.05, 3.63) is 64.4 Å². The fraction of sp³-hybridized carbons (Fsp3) is 0. The van der Waals surface area contributed by atoms with Gasteiger partial charge in [-0.05, 0) is 6.07 Å². The highest BCUT2D eigenvalue weighted by molar-refractivity contribution is 7.15. The number of carbonyl (C=O) groups is 1. The molecule has 0 atom stereocenters. The van der Waals surface area contributed by atoms with Gasteiger partial charge in [0.15, 0.2) is 4.96 Å². The molecule has 0 fully saturated rings. The molecule has 3 heterocycles. The third-order valence-corrected chi connectivity index (χ3v) is 4.16. The van der Waals surface area contributed by atoms with Crippen molar-refractivity contribution in [3.8, 4) is 11.3 Å². The van der Waals surface area contributed by atoms with Crippen molar-refractivity contribution >= 4 is 27.9 Å². The molecule has 4 aromatic rings. The lowest BCUT2D eigenvalue weighted by Crippen LogP contribution is -2.14. The standard InChI is InChI=1S/C15H11N5O2S/c21-13(11-7-16-14(22)18-11)17-10-4-2-1-3-9(10)12-8-20-5-6-23-15(20)19-12/h1-8H,(H,17,21)(H2,16,18,22). The zero-order valence-corrected chi connectivity index (χ0v) is 12.6. The highest BCUT2D eigenvalue weighted by atomic mass is 32.1. The normalized spacial score (nSPS) is 11.0. The van der Waals surface area contributed by atoms with Gasteiger partial charge in [0.25, 0.3) is 5.91 Å². The molecular formula is C15H11N5O2S. The number of nitrogens with zero attached hydrogens (tertiary/aromatic N) is 2. The van der Waals surface area contributed by atoms with Crippen molar-refractivity contribution < 1.29 is 4.79 Å². The van der Waals surface area contributed by atoms with Crippen LogP contribution in [0.2, 0.25) is 0 Å². The lowest BCUT2D eigenvalue weighted by Gasteiger charge is -2.08. The fourth-order valence-corrected chi connectivity index (χ4v) is 3.02. The summed E-state index contributed by atoms with van der Waals surface area (Å²) in [6, 6.07) is 7.40. The maximum atomic E-state index is 12.2. The Hall–Kier alpha value is -3.13. The van der Waals surface area contributed by atoms with Crippen molar-refractivity contribution in [2.75, 3.05) is 5.32 Å². The summed E-state index contributed by atoms with van der Waals surface area (Å²) < 4.78 is 1.93. The fourth-order valence-electron chi connectivity index (χ4n) is 2.32. The van der Waals surface area contributed by atoms with E-state index in [9.17, 15) is 9.59 Å². The lowest BCUT2D eigenvalue weighted by molar-refractivity contribution is 0.102. The summed E-state index contributed by atoms with van der Waals surface area (Å²) in [4.78, 5) is 33.6. The van der Waals surface area contributed by atoms with Crippen LogP contribution in [0, 0.1) is 0 Å². The van der Waals surface area contributed by atoms with E-state index in [1.165, 1.54) is 6.20 Å². The Balaban J connectivity index is 1.70. The average molecular weight is 325 g/mol. The number of aromatic amines is 2. The Kier molecular flexibility index (Phi) is 3.09. The molecule has 3 aromatic heterocycles. The summed E-state index contributed by atoms with van der Waals surface area (Å²) in [7, 11) is 0. The van der Waals surface area contributed by atoms with Crippen LogP contribution < -0.4 is 11.0 Å². The van der Waals surface area contributed by atoms with Crippen LogP contribution in [0.25, 0.3) is 16.2 Å². The molecule has 7 nitrogen and oxygen atoms in total. The Bertz CT molecular complexity index is 1030. The van der Waals surface area contributed by atoms with Gasteiger partial charge in [-0.3, -0.25) is 9.20 Å². The molecular weight excluding hydrogens is 314 g/mol. The van der Waals surface area contributed by atoms with Crippen molar-refractivity contribution in [1.29, 1.82) is 0 Å². The molecule has 0 bridgehead atoms. The molecule has 0 unspecified atom stereocenters. The molecule has 0 aliphatic heterocycles. The third-order valence-electron chi connectivity index (χ3n) is 3.38. The number of rotatable bonds is 3. The van der Waals surface area contributed by atoms with Crippen molar-refractivity contribution in [2.24, 2.45) is 0 Å². The summed E-state index contributed by atoms with van der Waals surface area (Å²) in [6.07, 6.45) is 5.18. The molecule has 0 saturated heterocycles. The van der Waals surface area contributed by atoms with E-state index < -0.39 is 11.6 Å². The van der Waals surface area contributed by atoms with E-state index in [0.29, 0.717) is 5.69 Å². The number of thiazole rings is 1. The van der Waals surface area contributed by atoms with Crippen LogP contribution in [-0.4, -0.2) is 25.3 Å². The van der Waals surface area contributed by atoms with Gasteiger partial charge in [0.2, 0.25) is 0 Å². The molecule has 0 saturated carbocycles. The highest BCUT2D eigenvalue weighted by Gasteiger charge is 2.13. The molecule has 23 heavy (non-hydrogen) atoms. The number of carbonyl (C=O) groups excluding carboxylic acids is 1. The monoisotopic (exact) mass is 325 g/mol. The Morgan fingerprint density at radius 1 is 1.30 bits per heavy atom. The van der Waals surface area contributed by atoms with Gasteiger partial charge in [0.05, 0.1) is 11.4 Å². The molecule has 0 radical (unpaired) electrons. The van der Waals surface area contributed by atoms with Gasteiger partial charge < -0.3 is 15.3 Å².